The first kappa shape index (κ1) is 14.1. The third-order valence-corrected chi connectivity index (χ3v) is 4.81. The molecule has 0 saturated heterocycles. The van der Waals surface area contributed by atoms with E-state index in [0.29, 0.717) is 0 Å². The van der Waals surface area contributed by atoms with Crippen molar-refractivity contribution in [2.45, 2.75) is 38.3 Å². The van der Waals surface area contributed by atoms with E-state index in [-0.39, 0.29) is 18.1 Å². The first-order valence-corrected chi connectivity index (χ1v) is 8.13. The molecule has 0 aliphatic heterocycles. The highest BCUT2D eigenvalue weighted by atomic mass is 32.1. The van der Waals surface area contributed by atoms with Gasteiger partial charge in [0.05, 0.1) is 6.04 Å². The molecule has 0 unspecified atom stereocenters. The molecule has 4 nitrogen and oxygen atoms in total. The molecule has 0 saturated carbocycles. The lowest BCUT2D eigenvalue weighted by atomic mass is 9.88. The van der Waals surface area contributed by atoms with E-state index in [1.165, 1.54) is 11.1 Å². The lowest BCUT2D eigenvalue weighted by Gasteiger charge is -2.26. The predicted octanol–water partition coefficient (Wildman–Crippen LogP) is 3.06. The number of nitrogens with zero attached hydrogens (tertiary/aromatic N) is 1. The Morgan fingerprint density at radius 1 is 1.38 bits per heavy atom. The van der Waals surface area contributed by atoms with Gasteiger partial charge in [-0.05, 0) is 37.3 Å². The molecule has 110 valence electrons. The topological polar surface area (TPSA) is 54.0 Å². The standard InChI is InChI=1S/C16H19N3OS/c1-11(15-17-8-9-21-15)18-16(20)19-14-7-6-12-4-2-3-5-13(12)10-14/h2-5,8-9,11,14H,6-7,10H2,1H3,(H2,18,19,20)/t11-,14+/m1/s1. The molecule has 1 aromatic heterocycles. The van der Waals surface area contributed by atoms with Gasteiger partial charge in [0, 0.05) is 17.6 Å². The van der Waals surface area contributed by atoms with E-state index in [9.17, 15) is 4.79 Å². The summed E-state index contributed by atoms with van der Waals surface area (Å²) >= 11 is 1.56. The lowest BCUT2D eigenvalue weighted by Crippen LogP contribution is -2.45. The third kappa shape index (κ3) is 3.42. The van der Waals surface area contributed by atoms with Crippen molar-refractivity contribution in [1.82, 2.24) is 15.6 Å². The Labute approximate surface area is 128 Å². The van der Waals surface area contributed by atoms with E-state index in [0.717, 1.165) is 24.3 Å². The van der Waals surface area contributed by atoms with Gasteiger partial charge in [-0.1, -0.05) is 24.3 Å². The maximum absolute atomic E-state index is 12.1. The largest absolute Gasteiger partial charge is 0.335 e. The van der Waals surface area contributed by atoms with Crippen LogP contribution >= 0.6 is 11.3 Å². The number of aromatic nitrogens is 1. The smallest absolute Gasteiger partial charge is 0.315 e. The number of rotatable bonds is 3. The monoisotopic (exact) mass is 301 g/mol. The van der Waals surface area contributed by atoms with Crippen LogP contribution in [0.5, 0.6) is 0 Å². The molecule has 2 atom stereocenters. The summed E-state index contributed by atoms with van der Waals surface area (Å²) in [5.41, 5.74) is 2.76. The molecule has 5 heteroatoms. The minimum absolute atomic E-state index is 0.0547. The maximum atomic E-state index is 12.1. The predicted molar refractivity (Wildman–Crippen MR) is 84.5 cm³/mol. The van der Waals surface area contributed by atoms with Crippen LogP contribution in [0.1, 0.15) is 35.5 Å². The van der Waals surface area contributed by atoms with Gasteiger partial charge < -0.3 is 10.6 Å². The Balaban J connectivity index is 1.54. The summed E-state index contributed by atoms with van der Waals surface area (Å²) in [7, 11) is 0. The number of amides is 2. The first-order chi connectivity index (χ1) is 10.2. The van der Waals surface area contributed by atoms with Crippen LogP contribution in [0.3, 0.4) is 0 Å². The van der Waals surface area contributed by atoms with Gasteiger partial charge >= 0.3 is 6.03 Å². The summed E-state index contributed by atoms with van der Waals surface area (Å²) in [5, 5.41) is 8.88. The van der Waals surface area contributed by atoms with E-state index in [1.54, 1.807) is 17.5 Å². The molecule has 0 spiro atoms. The molecular weight excluding hydrogens is 282 g/mol. The van der Waals surface area contributed by atoms with Crippen LogP contribution in [-0.2, 0) is 12.8 Å². The van der Waals surface area contributed by atoms with Crippen molar-refractivity contribution in [2.75, 3.05) is 0 Å². The summed E-state index contributed by atoms with van der Waals surface area (Å²) in [6, 6.07) is 8.52. The van der Waals surface area contributed by atoms with Gasteiger partial charge in [0.25, 0.3) is 0 Å². The van der Waals surface area contributed by atoms with E-state index < -0.39 is 0 Å². The highest BCUT2D eigenvalue weighted by Gasteiger charge is 2.20. The fraction of sp³-hybridized carbons (Fsp3) is 0.375. The number of hydrogen-bond acceptors (Lipinski definition) is 3. The van der Waals surface area contributed by atoms with Crippen LogP contribution in [0.2, 0.25) is 0 Å². The number of carbonyl (C=O) groups excluding carboxylic acids is 1. The van der Waals surface area contributed by atoms with Crippen molar-refractivity contribution in [2.24, 2.45) is 0 Å². The molecule has 1 aliphatic rings. The van der Waals surface area contributed by atoms with Crippen LogP contribution in [0.25, 0.3) is 0 Å². The number of carbonyl (C=O) groups is 1. The molecule has 0 radical (unpaired) electrons. The third-order valence-electron chi connectivity index (χ3n) is 3.85. The number of urea groups is 1. The van der Waals surface area contributed by atoms with Gasteiger partial charge in [-0.15, -0.1) is 11.3 Å². The van der Waals surface area contributed by atoms with Crippen LogP contribution < -0.4 is 10.6 Å². The average molecular weight is 301 g/mol. The number of benzene rings is 1. The fourth-order valence-corrected chi connectivity index (χ4v) is 3.40. The van der Waals surface area contributed by atoms with Gasteiger partial charge in [0.15, 0.2) is 0 Å². The first-order valence-electron chi connectivity index (χ1n) is 7.25. The van der Waals surface area contributed by atoms with Crippen LogP contribution in [0.15, 0.2) is 35.8 Å². The number of fused-ring (bicyclic) bond motifs is 1. The SMILES string of the molecule is C[C@@H](NC(=O)N[C@H]1CCc2ccccc2C1)c1nccs1. The molecule has 2 aromatic rings. The molecule has 3 rings (SSSR count). The van der Waals surface area contributed by atoms with Gasteiger partial charge in [-0.2, -0.15) is 0 Å². The minimum Gasteiger partial charge on any atom is -0.335 e. The van der Waals surface area contributed by atoms with Crippen molar-refractivity contribution in [3.05, 3.63) is 52.0 Å². The minimum atomic E-state index is -0.109. The second kappa shape index (κ2) is 6.26. The van der Waals surface area contributed by atoms with E-state index in [2.05, 4.69) is 39.9 Å². The molecule has 0 bridgehead atoms. The molecule has 0 fully saturated rings. The van der Waals surface area contributed by atoms with E-state index in [1.807, 2.05) is 12.3 Å². The Hall–Kier alpha value is -1.88. The highest BCUT2D eigenvalue weighted by molar-refractivity contribution is 7.09. The highest BCUT2D eigenvalue weighted by Crippen LogP contribution is 2.21. The molecule has 1 heterocycles. The van der Waals surface area contributed by atoms with Crippen LogP contribution in [-0.4, -0.2) is 17.1 Å². The molecule has 2 amide bonds. The Morgan fingerprint density at radius 2 is 2.19 bits per heavy atom. The molecule has 1 aliphatic carbocycles. The fourth-order valence-electron chi connectivity index (χ4n) is 2.75. The molecule has 2 N–H and O–H groups in total. The molecule has 1 aromatic carbocycles. The van der Waals surface area contributed by atoms with Crippen LogP contribution in [0.4, 0.5) is 4.79 Å². The second-order valence-corrected chi connectivity index (χ2v) is 6.34. The van der Waals surface area contributed by atoms with Crippen molar-refractivity contribution < 1.29 is 4.79 Å². The lowest BCUT2D eigenvalue weighted by molar-refractivity contribution is 0.232. The summed E-state index contributed by atoms with van der Waals surface area (Å²) in [6.45, 7) is 1.95. The summed E-state index contributed by atoms with van der Waals surface area (Å²) < 4.78 is 0. The van der Waals surface area contributed by atoms with E-state index >= 15 is 0 Å². The maximum Gasteiger partial charge on any atom is 0.315 e. The van der Waals surface area contributed by atoms with Gasteiger partial charge in [-0.25, -0.2) is 9.78 Å². The normalized spacial score (nSPS) is 18.6. The van der Waals surface area contributed by atoms with Crippen LogP contribution in [0, 0.1) is 0 Å². The average Bonchev–Trinajstić information content (AvgIpc) is 3.01. The number of nitrogens with one attached hydrogen (secondary N) is 2. The summed E-state index contributed by atoms with van der Waals surface area (Å²) in [5.74, 6) is 0. The number of thiazole rings is 1. The zero-order valence-electron chi connectivity index (χ0n) is 12.0. The quantitative estimate of drug-likeness (QED) is 0.915. The van der Waals surface area contributed by atoms with Gasteiger partial charge in [0.1, 0.15) is 5.01 Å². The molecule has 21 heavy (non-hydrogen) atoms. The van der Waals surface area contributed by atoms with Gasteiger partial charge in [-0.3, -0.25) is 0 Å². The number of aryl methyl sites for hydroxylation is 1. The second-order valence-electron chi connectivity index (χ2n) is 5.42. The zero-order chi connectivity index (χ0) is 14.7. The van der Waals surface area contributed by atoms with Crippen molar-refractivity contribution in [3.63, 3.8) is 0 Å². The summed E-state index contributed by atoms with van der Waals surface area (Å²) in [4.78, 5) is 16.3. The zero-order valence-corrected chi connectivity index (χ0v) is 12.8. The van der Waals surface area contributed by atoms with Crippen molar-refractivity contribution in [3.8, 4) is 0 Å². The van der Waals surface area contributed by atoms with Crippen molar-refractivity contribution >= 4 is 17.4 Å². The number of hydrogen-bond donors (Lipinski definition) is 2. The molecular formula is C16H19N3OS. The Morgan fingerprint density at radius 3 is 2.95 bits per heavy atom. The van der Waals surface area contributed by atoms with Gasteiger partial charge in [0.2, 0.25) is 0 Å². The van der Waals surface area contributed by atoms with Crippen molar-refractivity contribution in [1.29, 1.82) is 0 Å². The van der Waals surface area contributed by atoms with E-state index in [4.69, 9.17) is 0 Å². The summed E-state index contributed by atoms with van der Waals surface area (Å²) in [6.07, 6.45) is 4.70. The Kier molecular flexibility index (Phi) is 4.20. The Bertz CT molecular complexity index is 612.